The van der Waals surface area contributed by atoms with Gasteiger partial charge in [-0.25, -0.2) is 0 Å². The standard InChI is InChI=1S/C21H18BrClN6S/c22-17-7-5-15(6-8-17)12-29-14-18(11-24-29)25-21(30)26-20-9-10-28(27-20)13-16-3-1-2-4-19(16)23/h1-11,14H,12-13H2,(H2,25,26,27,30). The van der Waals surface area contributed by atoms with Crippen molar-refractivity contribution in [1.82, 2.24) is 19.6 Å². The lowest BCUT2D eigenvalue weighted by Gasteiger charge is -2.07. The Bertz CT molecular complexity index is 1150. The predicted molar refractivity (Wildman–Crippen MR) is 128 cm³/mol. The number of aromatic nitrogens is 4. The second-order valence-corrected chi connectivity index (χ2v) is 8.35. The molecular weight excluding hydrogens is 484 g/mol. The molecule has 0 aliphatic carbocycles. The number of halogens is 2. The van der Waals surface area contributed by atoms with E-state index >= 15 is 0 Å². The van der Waals surface area contributed by atoms with E-state index in [9.17, 15) is 0 Å². The summed E-state index contributed by atoms with van der Waals surface area (Å²) in [6.07, 6.45) is 5.53. The van der Waals surface area contributed by atoms with Crippen LogP contribution in [0, 0.1) is 0 Å². The number of rotatable bonds is 6. The van der Waals surface area contributed by atoms with Crippen molar-refractivity contribution in [3.05, 3.63) is 93.8 Å². The second-order valence-electron chi connectivity index (χ2n) is 6.62. The van der Waals surface area contributed by atoms with E-state index in [2.05, 4.69) is 48.9 Å². The summed E-state index contributed by atoms with van der Waals surface area (Å²) in [5, 5.41) is 16.3. The molecule has 0 aliphatic rings. The Morgan fingerprint density at radius 1 is 1.00 bits per heavy atom. The maximum absolute atomic E-state index is 6.22. The highest BCUT2D eigenvalue weighted by Crippen LogP contribution is 2.17. The minimum Gasteiger partial charge on any atom is -0.330 e. The number of nitrogens with zero attached hydrogens (tertiary/aromatic N) is 4. The molecule has 4 rings (SSSR count). The summed E-state index contributed by atoms with van der Waals surface area (Å²) >= 11 is 15.1. The molecule has 0 spiro atoms. The van der Waals surface area contributed by atoms with Crippen LogP contribution in [0.25, 0.3) is 0 Å². The van der Waals surface area contributed by atoms with Gasteiger partial charge in [0.25, 0.3) is 0 Å². The van der Waals surface area contributed by atoms with E-state index in [1.165, 1.54) is 0 Å². The first-order valence-corrected chi connectivity index (χ1v) is 10.7. The van der Waals surface area contributed by atoms with Crippen molar-refractivity contribution < 1.29 is 0 Å². The molecule has 0 unspecified atom stereocenters. The molecule has 152 valence electrons. The van der Waals surface area contributed by atoms with Crippen LogP contribution in [-0.2, 0) is 13.1 Å². The Labute approximate surface area is 193 Å². The summed E-state index contributed by atoms with van der Waals surface area (Å²) in [6.45, 7) is 1.27. The molecule has 0 radical (unpaired) electrons. The van der Waals surface area contributed by atoms with Crippen LogP contribution in [0.5, 0.6) is 0 Å². The van der Waals surface area contributed by atoms with E-state index in [0.29, 0.717) is 24.0 Å². The summed E-state index contributed by atoms with van der Waals surface area (Å²) in [4.78, 5) is 0. The van der Waals surface area contributed by atoms with Gasteiger partial charge in [-0.05, 0) is 41.5 Å². The maximum Gasteiger partial charge on any atom is 0.176 e. The second kappa shape index (κ2) is 9.42. The van der Waals surface area contributed by atoms with E-state index in [1.54, 1.807) is 6.20 Å². The quantitative estimate of drug-likeness (QED) is 0.346. The van der Waals surface area contributed by atoms with Crippen molar-refractivity contribution in [2.45, 2.75) is 13.1 Å². The Morgan fingerprint density at radius 3 is 2.60 bits per heavy atom. The van der Waals surface area contributed by atoms with Crippen LogP contribution in [0.15, 0.2) is 77.7 Å². The molecule has 0 saturated carbocycles. The highest BCUT2D eigenvalue weighted by molar-refractivity contribution is 9.10. The Kier molecular flexibility index (Phi) is 6.47. The van der Waals surface area contributed by atoms with Gasteiger partial charge in [-0.3, -0.25) is 9.36 Å². The summed E-state index contributed by atoms with van der Waals surface area (Å²) in [7, 11) is 0. The van der Waals surface area contributed by atoms with Gasteiger partial charge in [0.1, 0.15) is 0 Å². The predicted octanol–water partition coefficient (Wildman–Crippen LogP) is 5.40. The summed E-state index contributed by atoms with van der Waals surface area (Å²) in [5.41, 5.74) is 2.98. The minimum atomic E-state index is 0.446. The number of nitrogens with one attached hydrogen (secondary N) is 2. The van der Waals surface area contributed by atoms with E-state index in [1.807, 2.05) is 64.2 Å². The van der Waals surface area contributed by atoms with Gasteiger partial charge in [0, 0.05) is 28.0 Å². The third-order valence-electron chi connectivity index (χ3n) is 4.32. The van der Waals surface area contributed by atoms with E-state index < -0.39 is 0 Å². The van der Waals surface area contributed by atoms with Crippen molar-refractivity contribution in [2.75, 3.05) is 10.6 Å². The fraction of sp³-hybridized carbons (Fsp3) is 0.0952. The SMILES string of the molecule is S=C(Nc1cnn(Cc2ccc(Br)cc2)c1)Nc1ccn(Cc2ccccc2Cl)n1. The van der Waals surface area contributed by atoms with Crippen molar-refractivity contribution in [2.24, 2.45) is 0 Å². The zero-order valence-corrected chi connectivity index (χ0v) is 19.0. The van der Waals surface area contributed by atoms with Crippen LogP contribution in [-0.4, -0.2) is 24.7 Å². The molecule has 0 saturated heterocycles. The third kappa shape index (κ3) is 5.47. The van der Waals surface area contributed by atoms with Crippen molar-refractivity contribution in [1.29, 1.82) is 0 Å². The average molecular weight is 502 g/mol. The molecule has 0 aliphatic heterocycles. The number of benzene rings is 2. The van der Waals surface area contributed by atoms with E-state index in [-0.39, 0.29) is 0 Å². The van der Waals surface area contributed by atoms with Gasteiger partial charge < -0.3 is 10.6 Å². The summed E-state index contributed by atoms with van der Waals surface area (Å²) in [5.74, 6) is 0.654. The Hall–Kier alpha value is -2.68. The first-order chi connectivity index (χ1) is 14.5. The number of anilines is 2. The molecule has 0 amide bonds. The molecule has 2 aromatic carbocycles. The highest BCUT2D eigenvalue weighted by Gasteiger charge is 2.06. The van der Waals surface area contributed by atoms with Crippen LogP contribution < -0.4 is 10.6 Å². The van der Waals surface area contributed by atoms with Gasteiger partial charge >= 0.3 is 0 Å². The van der Waals surface area contributed by atoms with Crippen LogP contribution >= 0.6 is 39.7 Å². The van der Waals surface area contributed by atoms with Crippen LogP contribution in [0.2, 0.25) is 5.02 Å². The van der Waals surface area contributed by atoms with Crippen molar-refractivity contribution in [3.8, 4) is 0 Å². The number of thiocarbonyl (C=S) groups is 1. The maximum atomic E-state index is 6.22. The lowest BCUT2D eigenvalue weighted by Crippen LogP contribution is -2.19. The van der Waals surface area contributed by atoms with Crippen LogP contribution in [0.3, 0.4) is 0 Å². The minimum absolute atomic E-state index is 0.446. The summed E-state index contributed by atoms with van der Waals surface area (Å²) < 4.78 is 4.72. The van der Waals surface area contributed by atoms with Crippen LogP contribution in [0.1, 0.15) is 11.1 Å². The fourth-order valence-electron chi connectivity index (χ4n) is 2.89. The Morgan fingerprint density at radius 2 is 1.80 bits per heavy atom. The first kappa shape index (κ1) is 20.6. The lowest BCUT2D eigenvalue weighted by atomic mass is 10.2. The summed E-state index contributed by atoms with van der Waals surface area (Å²) in [6, 6.07) is 17.7. The van der Waals surface area contributed by atoms with Crippen molar-refractivity contribution in [3.63, 3.8) is 0 Å². The molecular formula is C21H18BrClN6S. The number of hydrogen-bond donors (Lipinski definition) is 2. The fourth-order valence-corrected chi connectivity index (χ4v) is 3.57. The Balaban J connectivity index is 1.32. The molecule has 9 heteroatoms. The highest BCUT2D eigenvalue weighted by atomic mass is 79.9. The van der Waals surface area contributed by atoms with E-state index in [0.717, 1.165) is 26.3 Å². The molecule has 2 heterocycles. The molecule has 4 aromatic rings. The third-order valence-corrected chi connectivity index (χ3v) is 5.42. The molecule has 6 nitrogen and oxygen atoms in total. The zero-order chi connectivity index (χ0) is 20.9. The number of hydrogen-bond acceptors (Lipinski definition) is 3. The molecule has 2 N–H and O–H groups in total. The molecule has 2 aromatic heterocycles. The van der Waals surface area contributed by atoms with Gasteiger partial charge in [-0.1, -0.05) is 57.9 Å². The van der Waals surface area contributed by atoms with Gasteiger partial charge in [0.2, 0.25) is 0 Å². The van der Waals surface area contributed by atoms with Crippen molar-refractivity contribution >= 4 is 56.4 Å². The lowest BCUT2D eigenvalue weighted by molar-refractivity contribution is 0.687. The molecule has 0 atom stereocenters. The topological polar surface area (TPSA) is 59.7 Å². The molecule has 30 heavy (non-hydrogen) atoms. The largest absolute Gasteiger partial charge is 0.330 e. The first-order valence-electron chi connectivity index (χ1n) is 9.17. The van der Waals surface area contributed by atoms with Gasteiger partial charge in [-0.15, -0.1) is 0 Å². The van der Waals surface area contributed by atoms with E-state index in [4.69, 9.17) is 23.8 Å². The average Bonchev–Trinajstić information content (AvgIpc) is 3.35. The van der Waals surface area contributed by atoms with Gasteiger partial charge in [-0.2, -0.15) is 10.2 Å². The normalized spacial score (nSPS) is 10.7. The van der Waals surface area contributed by atoms with Gasteiger partial charge in [0.05, 0.1) is 25.0 Å². The molecule has 0 fully saturated rings. The van der Waals surface area contributed by atoms with Crippen LogP contribution in [0.4, 0.5) is 11.5 Å². The van der Waals surface area contributed by atoms with Gasteiger partial charge in [0.15, 0.2) is 10.9 Å². The smallest absolute Gasteiger partial charge is 0.176 e. The monoisotopic (exact) mass is 500 g/mol. The molecule has 0 bridgehead atoms. The zero-order valence-electron chi connectivity index (χ0n) is 15.8.